The molecule has 0 spiro atoms. The molecule has 1 heterocycles. The van der Waals surface area contributed by atoms with Crippen molar-refractivity contribution in [3.8, 4) is 22.9 Å². The van der Waals surface area contributed by atoms with E-state index in [1.165, 1.54) is 0 Å². The van der Waals surface area contributed by atoms with Gasteiger partial charge in [-0.1, -0.05) is 18.2 Å². The SMILES string of the molecule is Cc1cccc2nc(-c3c(O)cccc3O)n(C)c12. The van der Waals surface area contributed by atoms with Crippen LogP contribution in [0.5, 0.6) is 11.5 Å². The molecule has 0 fully saturated rings. The van der Waals surface area contributed by atoms with Crippen LogP contribution in [-0.2, 0) is 7.05 Å². The molecule has 0 unspecified atom stereocenters. The van der Waals surface area contributed by atoms with Crippen LogP contribution in [-0.4, -0.2) is 19.8 Å². The van der Waals surface area contributed by atoms with Crippen molar-refractivity contribution in [1.82, 2.24) is 9.55 Å². The van der Waals surface area contributed by atoms with Gasteiger partial charge in [-0.25, -0.2) is 4.98 Å². The van der Waals surface area contributed by atoms with E-state index in [9.17, 15) is 10.2 Å². The van der Waals surface area contributed by atoms with Crippen LogP contribution in [0.2, 0.25) is 0 Å². The zero-order valence-electron chi connectivity index (χ0n) is 10.8. The Balaban J connectivity index is 2.38. The number of imidazole rings is 1. The second-order valence-corrected chi connectivity index (χ2v) is 4.61. The van der Waals surface area contributed by atoms with Crippen LogP contribution in [0.25, 0.3) is 22.4 Å². The number of aromatic nitrogens is 2. The predicted molar refractivity (Wildman–Crippen MR) is 74.2 cm³/mol. The third-order valence-corrected chi connectivity index (χ3v) is 3.34. The second kappa shape index (κ2) is 4.02. The molecule has 0 aliphatic rings. The molecule has 0 bridgehead atoms. The molecule has 3 aromatic rings. The van der Waals surface area contributed by atoms with E-state index < -0.39 is 0 Å². The summed E-state index contributed by atoms with van der Waals surface area (Å²) in [4.78, 5) is 4.51. The highest BCUT2D eigenvalue weighted by molar-refractivity contribution is 5.85. The zero-order chi connectivity index (χ0) is 13.6. The Morgan fingerprint density at radius 1 is 1.00 bits per heavy atom. The quantitative estimate of drug-likeness (QED) is 0.702. The molecule has 0 radical (unpaired) electrons. The third-order valence-electron chi connectivity index (χ3n) is 3.34. The minimum absolute atomic E-state index is 0.0241. The van der Waals surface area contributed by atoms with Gasteiger partial charge in [0.05, 0.1) is 11.0 Å². The molecular formula is C15H14N2O2. The summed E-state index contributed by atoms with van der Waals surface area (Å²) in [5, 5.41) is 19.9. The lowest BCUT2D eigenvalue weighted by atomic mass is 10.1. The van der Waals surface area contributed by atoms with Crippen LogP contribution in [0.1, 0.15) is 5.56 Å². The lowest BCUT2D eigenvalue weighted by molar-refractivity contribution is 0.453. The van der Waals surface area contributed by atoms with E-state index in [2.05, 4.69) is 4.98 Å². The summed E-state index contributed by atoms with van der Waals surface area (Å²) in [6.07, 6.45) is 0. The lowest BCUT2D eigenvalue weighted by Gasteiger charge is -2.07. The van der Waals surface area contributed by atoms with Crippen molar-refractivity contribution < 1.29 is 10.2 Å². The number of hydrogen-bond donors (Lipinski definition) is 2. The Bertz CT molecular complexity index is 755. The predicted octanol–water partition coefficient (Wildman–Crippen LogP) is 2.96. The van der Waals surface area contributed by atoms with E-state index in [-0.39, 0.29) is 11.5 Å². The molecule has 19 heavy (non-hydrogen) atoms. The van der Waals surface area contributed by atoms with Crippen LogP contribution in [0.3, 0.4) is 0 Å². The maximum absolute atomic E-state index is 9.95. The van der Waals surface area contributed by atoms with Crippen LogP contribution < -0.4 is 0 Å². The minimum Gasteiger partial charge on any atom is -0.507 e. The van der Waals surface area contributed by atoms with Crippen LogP contribution in [0.4, 0.5) is 0 Å². The molecule has 0 saturated carbocycles. The van der Waals surface area contributed by atoms with E-state index in [1.807, 2.05) is 36.7 Å². The van der Waals surface area contributed by atoms with Gasteiger partial charge >= 0.3 is 0 Å². The van der Waals surface area contributed by atoms with Gasteiger partial charge < -0.3 is 14.8 Å². The number of nitrogens with zero attached hydrogens (tertiary/aromatic N) is 2. The molecule has 0 saturated heterocycles. The van der Waals surface area contributed by atoms with Crippen LogP contribution in [0.15, 0.2) is 36.4 Å². The number of fused-ring (bicyclic) bond motifs is 1. The molecule has 1 aromatic heterocycles. The first-order valence-corrected chi connectivity index (χ1v) is 6.03. The van der Waals surface area contributed by atoms with Crippen molar-refractivity contribution in [2.45, 2.75) is 6.92 Å². The fourth-order valence-corrected chi connectivity index (χ4v) is 2.45. The molecule has 0 atom stereocenters. The molecule has 3 rings (SSSR count). The minimum atomic E-state index is 0.0241. The first-order valence-electron chi connectivity index (χ1n) is 6.03. The van der Waals surface area contributed by atoms with Crippen molar-refractivity contribution in [1.29, 1.82) is 0 Å². The van der Waals surface area contributed by atoms with Crippen LogP contribution in [0, 0.1) is 6.92 Å². The number of aryl methyl sites for hydroxylation is 2. The van der Waals surface area contributed by atoms with E-state index in [1.54, 1.807) is 18.2 Å². The van der Waals surface area contributed by atoms with Crippen molar-refractivity contribution in [2.75, 3.05) is 0 Å². The van der Waals surface area contributed by atoms with E-state index >= 15 is 0 Å². The number of aromatic hydroxyl groups is 2. The number of para-hydroxylation sites is 1. The van der Waals surface area contributed by atoms with Gasteiger partial charge in [0.25, 0.3) is 0 Å². The highest BCUT2D eigenvalue weighted by Crippen LogP contribution is 2.37. The van der Waals surface area contributed by atoms with Gasteiger partial charge in [-0.15, -0.1) is 0 Å². The molecule has 4 heteroatoms. The van der Waals surface area contributed by atoms with Gasteiger partial charge in [0.1, 0.15) is 22.9 Å². The van der Waals surface area contributed by atoms with Gasteiger partial charge in [0.2, 0.25) is 0 Å². The second-order valence-electron chi connectivity index (χ2n) is 4.61. The summed E-state index contributed by atoms with van der Waals surface area (Å²) in [7, 11) is 1.88. The van der Waals surface area contributed by atoms with Crippen molar-refractivity contribution in [2.24, 2.45) is 7.05 Å². The third kappa shape index (κ3) is 1.64. The Kier molecular flexibility index (Phi) is 2.45. The Hall–Kier alpha value is -2.49. The van der Waals surface area contributed by atoms with Gasteiger partial charge in [0.15, 0.2) is 0 Å². The molecule has 2 N–H and O–H groups in total. The summed E-state index contributed by atoms with van der Waals surface area (Å²) < 4.78 is 1.89. The molecule has 96 valence electrons. The lowest BCUT2D eigenvalue weighted by Crippen LogP contribution is -1.94. The van der Waals surface area contributed by atoms with Crippen LogP contribution >= 0.6 is 0 Å². The summed E-state index contributed by atoms with van der Waals surface area (Å²) in [6.45, 7) is 2.01. The fraction of sp³-hybridized carbons (Fsp3) is 0.133. The fourth-order valence-electron chi connectivity index (χ4n) is 2.45. The smallest absolute Gasteiger partial charge is 0.148 e. The van der Waals surface area contributed by atoms with Gasteiger partial charge in [0, 0.05) is 7.05 Å². The molecule has 2 aromatic carbocycles. The summed E-state index contributed by atoms with van der Waals surface area (Å²) in [5.41, 5.74) is 3.31. The standard InChI is InChI=1S/C15H14N2O2/c1-9-5-3-6-10-14(9)17(2)15(16-10)13-11(18)7-4-8-12(13)19/h3-8,18-19H,1-2H3. The number of rotatable bonds is 1. The first-order chi connectivity index (χ1) is 9.09. The van der Waals surface area contributed by atoms with Crippen molar-refractivity contribution >= 4 is 11.0 Å². The average Bonchev–Trinajstić information content (AvgIpc) is 2.68. The number of benzene rings is 2. The van der Waals surface area contributed by atoms with Gasteiger partial charge in [-0.05, 0) is 30.7 Å². The largest absolute Gasteiger partial charge is 0.507 e. The van der Waals surface area contributed by atoms with Gasteiger partial charge in [-0.2, -0.15) is 0 Å². The zero-order valence-corrected chi connectivity index (χ0v) is 10.8. The summed E-state index contributed by atoms with van der Waals surface area (Å²) in [5.74, 6) is 0.604. The normalized spacial score (nSPS) is 11.1. The average molecular weight is 254 g/mol. The van der Waals surface area contributed by atoms with Crippen molar-refractivity contribution in [3.63, 3.8) is 0 Å². The Labute approximate surface area is 110 Å². The van der Waals surface area contributed by atoms with E-state index in [0.29, 0.717) is 11.4 Å². The molecule has 0 aliphatic heterocycles. The highest BCUT2D eigenvalue weighted by Gasteiger charge is 2.17. The molecule has 4 nitrogen and oxygen atoms in total. The number of phenols is 2. The number of phenolic OH excluding ortho intramolecular Hbond substituents is 2. The topological polar surface area (TPSA) is 58.3 Å². The molecule has 0 aliphatic carbocycles. The first kappa shape index (κ1) is 11.6. The van der Waals surface area contributed by atoms with Gasteiger partial charge in [-0.3, -0.25) is 0 Å². The summed E-state index contributed by atoms with van der Waals surface area (Å²) >= 11 is 0. The Morgan fingerprint density at radius 3 is 2.26 bits per heavy atom. The van der Waals surface area contributed by atoms with Crippen molar-refractivity contribution in [3.05, 3.63) is 42.0 Å². The number of hydrogen-bond acceptors (Lipinski definition) is 3. The molecular weight excluding hydrogens is 240 g/mol. The highest BCUT2D eigenvalue weighted by atomic mass is 16.3. The van der Waals surface area contributed by atoms with E-state index in [0.717, 1.165) is 16.6 Å². The maximum atomic E-state index is 9.95. The molecule has 0 amide bonds. The monoisotopic (exact) mass is 254 g/mol. The summed E-state index contributed by atoms with van der Waals surface area (Å²) in [6, 6.07) is 10.6. The Morgan fingerprint density at radius 2 is 1.63 bits per heavy atom. The maximum Gasteiger partial charge on any atom is 0.148 e. The van der Waals surface area contributed by atoms with E-state index in [4.69, 9.17) is 0 Å².